The minimum atomic E-state index is -0.262. The second-order valence-corrected chi connectivity index (χ2v) is 6.01. The average Bonchev–Trinajstić information content (AvgIpc) is 2.41. The van der Waals surface area contributed by atoms with Gasteiger partial charge in [-0.2, -0.15) is 0 Å². The normalized spacial score (nSPS) is 24.0. The van der Waals surface area contributed by atoms with Crippen LogP contribution < -0.4 is 5.32 Å². The number of likely N-dealkylation sites (tertiary alicyclic amines) is 1. The molecule has 2 nitrogen and oxygen atoms in total. The van der Waals surface area contributed by atoms with Gasteiger partial charge in [0.25, 0.3) is 0 Å². The molecule has 0 aromatic heterocycles. The molecule has 0 saturated carbocycles. The highest BCUT2D eigenvalue weighted by molar-refractivity contribution is 6.31. The molecule has 20 heavy (non-hydrogen) atoms. The zero-order valence-corrected chi connectivity index (χ0v) is 13.1. The molecule has 2 unspecified atom stereocenters. The third-order valence-corrected chi connectivity index (χ3v) is 4.45. The van der Waals surface area contributed by atoms with Gasteiger partial charge in [0.1, 0.15) is 5.82 Å². The van der Waals surface area contributed by atoms with E-state index in [1.165, 1.54) is 25.0 Å². The molecule has 1 heterocycles. The van der Waals surface area contributed by atoms with Crippen molar-refractivity contribution in [2.24, 2.45) is 5.92 Å². The van der Waals surface area contributed by atoms with E-state index in [-0.39, 0.29) is 5.82 Å². The van der Waals surface area contributed by atoms with Crippen molar-refractivity contribution in [3.8, 4) is 0 Å². The van der Waals surface area contributed by atoms with E-state index in [2.05, 4.69) is 17.1 Å². The monoisotopic (exact) mass is 298 g/mol. The van der Waals surface area contributed by atoms with Gasteiger partial charge in [0.05, 0.1) is 0 Å². The van der Waals surface area contributed by atoms with Gasteiger partial charge in [-0.25, -0.2) is 4.39 Å². The van der Waals surface area contributed by atoms with Crippen LogP contribution in [0.4, 0.5) is 4.39 Å². The molecule has 4 heteroatoms. The standard InChI is InChI=1S/C16H24ClFN2/c1-3-8-20-9-4-5-12(11-19-2)16(20)14-7-6-13(18)10-15(14)17/h6-7,10,12,16,19H,3-5,8-9,11H2,1-2H3. The molecule has 1 N–H and O–H groups in total. The Labute approximate surface area is 126 Å². The number of nitrogens with zero attached hydrogens (tertiary/aromatic N) is 1. The highest BCUT2D eigenvalue weighted by Crippen LogP contribution is 2.39. The summed E-state index contributed by atoms with van der Waals surface area (Å²) in [6, 6.07) is 5.12. The summed E-state index contributed by atoms with van der Waals surface area (Å²) in [6.07, 6.45) is 3.54. The summed E-state index contributed by atoms with van der Waals surface area (Å²) in [5, 5.41) is 3.84. The van der Waals surface area contributed by atoms with Crippen molar-refractivity contribution in [2.75, 3.05) is 26.7 Å². The average molecular weight is 299 g/mol. The van der Waals surface area contributed by atoms with E-state index >= 15 is 0 Å². The number of nitrogens with one attached hydrogen (secondary N) is 1. The van der Waals surface area contributed by atoms with Crippen molar-refractivity contribution in [2.45, 2.75) is 32.2 Å². The largest absolute Gasteiger partial charge is 0.319 e. The first-order valence-corrected chi connectivity index (χ1v) is 7.88. The molecule has 1 aliphatic heterocycles. The van der Waals surface area contributed by atoms with E-state index in [1.807, 2.05) is 13.1 Å². The van der Waals surface area contributed by atoms with Crippen LogP contribution in [0, 0.1) is 11.7 Å². The Hall–Kier alpha value is -0.640. The second kappa shape index (κ2) is 7.39. The summed E-state index contributed by atoms with van der Waals surface area (Å²) in [7, 11) is 1.99. The van der Waals surface area contributed by atoms with E-state index in [0.29, 0.717) is 17.0 Å². The highest BCUT2D eigenvalue weighted by atomic mass is 35.5. The Morgan fingerprint density at radius 2 is 2.25 bits per heavy atom. The first-order valence-electron chi connectivity index (χ1n) is 7.51. The third-order valence-electron chi connectivity index (χ3n) is 4.12. The molecule has 2 atom stereocenters. The molecule has 0 amide bonds. The van der Waals surface area contributed by atoms with Gasteiger partial charge < -0.3 is 5.32 Å². The van der Waals surface area contributed by atoms with Crippen LogP contribution in [-0.2, 0) is 0 Å². The molecule has 0 spiro atoms. The molecule has 0 bridgehead atoms. The maximum Gasteiger partial charge on any atom is 0.124 e. The first kappa shape index (κ1) is 15.7. The zero-order chi connectivity index (χ0) is 14.5. The SMILES string of the molecule is CCCN1CCCC(CNC)C1c1ccc(F)cc1Cl. The van der Waals surface area contributed by atoms with Crippen LogP contribution in [0.5, 0.6) is 0 Å². The van der Waals surface area contributed by atoms with Crippen molar-refractivity contribution in [1.29, 1.82) is 0 Å². The molecule has 112 valence electrons. The van der Waals surface area contributed by atoms with Gasteiger partial charge in [-0.3, -0.25) is 4.90 Å². The lowest BCUT2D eigenvalue weighted by atomic mass is 9.84. The summed E-state index contributed by atoms with van der Waals surface area (Å²) in [5.74, 6) is 0.269. The number of hydrogen-bond donors (Lipinski definition) is 1. The molecule has 1 fully saturated rings. The van der Waals surface area contributed by atoms with Crippen molar-refractivity contribution in [3.05, 3.63) is 34.6 Å². The van der Waals surface area contributed by atoms with Gasteiger partial charge >= 0.3 is 0 Å². The van der Waals surface area contributed by atoms with E-state index in [0.717, 1.165) is 31.6 Å². The minimum Gasteiger partial charge on any atom is -0.319 e. The van der Waals surface area contributed by atoms with Crippen LogP contribution in [0.3, 0.4) is 0 Å². The number of halogens is 2. The lowest BCUT2D eigenvalue weighted by Gasteiger charge is -2.42. The van der Waals surface area contributed by atoms with Crippen LogP contribution >= 0.6 is 11.6 Å². The van der Waals surface area contributed by atoms with Crippen LogP contribution in [0.2, 0.25) is 5.02 Å². The maximum absolute atomic E-state index is 13.3. The van der Waals surface area contributed by atoms with E-state index in [1.54, 1.807) is 0 Å². The lowest BCUT2D eigenvalue weighted by Crippen LogP contribution is -2.42. The summed E-state index contributed by atoms with van der Waals surface area (Å²) < 4.78 is 13.3. The smallest absolute Gasteiger partial charge is 0.124 e. The summed E-state index contributed by atoms with van der Waals surface area (Å²) in [4.78, 5) is 2.50. The summed E-state index contributed by atoms with van der Waals surface area (Å²) in [6.45, 7) is 5.34. The topological polar surface area (TPSA) is 15.3 Å². The van der Waals surface area contributed by atoms with Crippen LogP contribution in [0.1, 0.15) is 37.8 Å². The fraction of sp³-hybridized carbons (Fsp3) is 0.625. The van der Waals surface area contributed by atoms with Gasteiger partial charge in [0.15, 0.2) is 0 Å². The van der Waals surface area contributed by atoms with Crippen molar-refractivity contribution < 1.29 is 4.39 Å². The molecule has 0 aliphatic carbocycles. The Morgan fingerprint density at radius 1 is 1.45 bits per heavy atom. The number of rotatable bonds is 5. The van der Waals surface area contributed by atoms with Gasteiger partial charge in [0.2, 0.25) is 0 Å². The van der Waals surface area contributed by atoms with E-state index in [4.69, 9.17) is 11.6 Å². The zero-order valence-electron chi connectivity index (χ0n) is 12.3. The molecule has 1 aliphatic rings. The summed E-state index contributed by atoms with van der Waals surface area (Å²) in [5.41, 5.74) is 1.07. The van der Waals surface area contributed by atoms with E-state index in [9.17, 15) is 4.39 Å². The molecule has 1 aromatic carbocycles. The quantitative estimate of drug-likeness (QED) is 0.888. The van der Waals surface area contributed by atoms with Gasteiger partial charge in [-0.05, 0) is 69.6 Å². The first-order chi connectivity index (χ1) is 9.67. The highest BCUT2D eigenvalue weighted by Gasteiger charge is 2.32. The molecular formula is C16H24ClFN2. The van der Waals surface area contributed by atoms with Crippen LogP contribution in [-0.4, -0.2) is 31.6 Å². The molecule has 1 saturated heterocycles. The van der Waals surface area contributed by atoms with Crippen LogP contribution in [0.25, 0.3) is 0 Å². The number of hydrogen-bond acceptors (Lipinski definition) is 2. The Balaban J connectivity index is 2.32. The van der Waals surface area contributed by atoms with Crippen molar-refractivity contribution >= 4 is 11.6 Å². The third kappa shape index (κ3) is 3.51. The Kier molecular flexibility index (Phi) is 5.82. The predicted molar refractivity (Wildman–Crippen MR) is 82.7 cm³/mol. The Bertz CT molecular complexity index is 420. The van der Waals surface area contributed by atoms with Gasteiger partial charge in [-0.15, -0.1) is 0 Å². The maximum atomic E-state index is 13.3. The summed E-state index contributed by atoms with van der Waals surface area (Å²) >= 11 is 6.31. The van der Waals surface area contributed by atoms with E-state index < -0.39 is 0 Å². The van der Waals surface area contributed by atoms with Crippen LogP contribution in [0.15, 0.2) is 18.2 Å². The van der Waals surface area contributed by atoms with Crippen molar-refractivity contribution in [1.82, 2.24) is 10.2 Å². The van der Waals surface area contributed by atoms with Crippen molar-refractivity contribution in [3.63, 3.8) is 0 Å². The number of piperidine rings is 1. The molecule has 1 aromatic rings. The molecular weight excluding hydrogens is 275 g/mol. The lowest BCUT2D eigenvalue weighted by molar-refractivity contribution is 0.0924. The molecule has 2 rings (SSSR count). The number of benzene rings is 1. The molecule has 0 radical (unpaired) electrons. The van der Waals surface area contributed by atoms with Gasteiger partial charge in [-0.1, -0.05) is 24.6 Å². The van der Waals surface area contributed by atoms with Gasteiger partial charge in [0, 0.05) is 11.1 Å². The Morgan fingerprint density at radius 3 is 2.90 bits per heavy atom. The predicted octanol–water partition coefficient (Wildman–Crippen LogP) is 3.86. The second-order valence-electron chi connectivity index (χ2n) is 5.61. The fourth-order valence-corrected chi connectivity index (χ4v) is 3.64. The fourth-order valence-electron chi connectivity index (χ4n) is 3.36. The minimum absolute atomic E-state index is 0.262.